The maximum Gasteiger partial charge on any atom is 0.133 e. The van der Waals surface area contributed by atoms with E-state index in [0.717, 1.165) is 41.8 Å². The first-order valence-electron chi connectivity index (χ1n) is 7.44. The van der Waals surface area contributed by atoms with Gasteiger partial charge in [0.25, 0.3) is 0 Å². The molecule has 0 aliphatic heterocycles. The fourth-order valence-corrected chi connectivity index (χ4v) is 2.45. The molecule has 0 amide bonds. The Labute approximate surface area is 120 Å². The molecule has 2 aromatic rings. The lowest BCUT2D eigenvalue weighted by molar-refractivity contribution is 0.769. The van der Waals surface area contributed by atoms with E-state index in [1.54, 1.807) is 0 Å². The van der Waals surface area contributed by atoms with E-state index in [9.17, 15) is 0 Å². The van der Waals surface area contributed by atoms with Gasteiger partial charge in [0, 0.05) is 24.1 Å². The third kappa shape index (κ3) is 2.82. The average molecular weight is 267 g/mol. The first-order valence-corrected chi connectivity index (χ1v) is 7.44. The number of aromatic nitrogens is 2. The minimum atomic E-state index is 0.802. The summed E-state index contributed by atoms with van der Waals surface area (Å²) in [5, 5.41) is 3.37. The summed E-state index contributed by atoms with van der Waals surface area (Å²) in [6, 6.07) is 10.4. The normalized spacial score (nSPS) is 14.3. The molecule has 3 heteroatoms. The maximum atomic E-state index is 4.81. The number of rotatable bonds is 5. The van der Waals surface area contributed by atoms with Gasteiger partial charge in [-0.25, -0.2) is 9.97 Å². The summed E-state index contributed by atoms with van der Waals surface area (Å²) in [6.07, 6.45) is 3.67. The van der Waals surface area contributed by atoms with Crippen molar-refractivity contribution in [1.29, 1.82) is 0 Å². The third-order valence-electron chi connectivity index (χ3n) is 3.75. The summed E-state index contributed by atoms with van der Waals surface area (Å²) < 4.78 is 0. The van der Waals surface area contributed by atoms with Crippen LogP contribution in [0.5, 0.6) is 0 Å². The van der Waals surface area contributed by atoms with Crippen LogP contribution >= 0.6 is 0 Å². The Bertz CT molecular complexity index is 589. The molecule has 1 aromatic carbocycles. The highest BCUT2D eigenvalue weighted by Crippen LogP contribution is 2.33. The summed E-state index contributed by atoms with van der Waals surface area (Å²) >= 11 is 0. The zero-order valence-electron chi connectivity index (χ0n) is 12.2. The average Bonchev–Trinajstić information content (AvgIpc) is 3.27. The molecule has 0 spiro atoms. The van der Waals surface area contributed by atoms with Gasteiger partial charge in [-0.15, -0.1) is 0 Å². The van der Waals surface area contributed by atoms with Gasteiger partial charge in [0.1, 0.15) is 11.6 Å². The van der Waals surface area contributed by atoms with Crippen molar-refractivity contribution in [2.75, 3.05) is 11.9 Å². The monoisotopic (exact) mass is 267 g/mol. The smallest absolute Gasteiger partial charge is 0.133 e. The van der Waals surface area contributed by atoms with E-state index in [1.165, 1.54) is 18.4 Å². The summed E-state index contributed by atoms with van der Waals surface area (Å²) in [6.45, 7) is 5.08. The molecule has 3 nitrogen and oxygen atoms in total. The second-order valence-corrected chi connectivity index (χ2v) is 5.51. The van der Waals surface area contributed by atoms with Crippen LogP contribution in [0.4, 0.5) is 5.82 Å². The molecule has 3 rings (SSSR count). The Morgan fingerprint density at radius 2 is 1.90 bits per heavy atom. The van der Waals surface area contributed by atoms with Gasteiger partial charge in [0.15, 0.2) is 0 Å². The van der Waals surface area contributed by atoms with Crippen molar-refractivity contribution in [3.63, 3.8) is 0 Å². The fraction of sp³-hybridized carbons (Fsp3) is 0.412. The highest BCUT2D eigenvalue weighted by molar-refractivity contribution is 5.68. The molecule has 20 heavy (non-hydrogen) atoms. The van der Waals surface area contributed by atoms with Crippen LogP contribution in [0.2, 0.25) is 0 Å². The summed E-state index contributed by atoms with van der Waals surface area (Å²) in [5.74, 6) is 2.76. The van der Waals surface area contributed by atoms with E-state index in [2.05, 4.69) is 43.4 Å². The largest absolute Gasteiger partial charge is 0.370 e. The highest BCUT2D eigenvalue weighted by Gasteiger charge is 2.24. The van der Waals surface area contributed by atoms with E-state index >= 15 is 0 Å². The van der Waals surface area contributed by atoms with Crippen molar-refractivity contribution in [2.45, 2.75) is 33.1 Å². The predicted molar refractivity (Wildman–Crippen MR) is 82.8 cm³/mol. The van der Waals surface area contributed by atoms with Crippen molar-refractivity contribution >= 4 is 5.82 Å². The van der Waals surface area contributed by atoms with Crippen molar-refractivity contribution in [3.8, 4) is 11.3 Å². The number of nitrogens with one attached hydrogen (secondary N) is 1. The molecule has 1 heterocycles. The molecule has 1 aliphatic rings. The van der Waals surface area contributed by atoms with Crippen molar-refractivity contribution < 1.29 is 0 Å². The lowest BCUT2D eigenvalue weighted by atomic mass is 10.1. The van der Waals surface area contributed by atoms with Crippen LogP contribution in [0.25, 0.3) is 11.3 Å². The molecule has 0 saturated heterocycles. The number of nitrogens with zero attached hydrogens (tertiary/aromatic N) is 2. The predicted octanol–water partition coefficient (Wildman–Crippen LogP) is 3.84. The van der Waals surface area contributed by atoms with Gasteiger partial charge in [-0.05, 0) is 32.6 Å². The van der Waals surface area contributed by atoms with Crippen molar-refractivity contribution in [3.05, 3.63) is 41.7 Å². The van der Waals surface area contributed by atoms with E-state index in [1.807, 2.05) is 6.07 Å². The van der Waals surface area contributed by atoms with Crippen LogP contribution in [0, 0.1) is 12.8 Å². The van der Waals surface area contributed by atoms with Gasteiger partial charge in [0.05, 0.1) is 5.69 Å². The van der Waals surface area contributed by atoms with Crippen LogP contribution in [-0.4, -0.2) is 16.5 Å². The molecule has 104 valence electrons. The van der Waals surface area contributed by atoms with Gasteiger partial charge >= 0.3 is 0 Å². The first kappa shape index (κ1) is 13.1. The molecule has 0 bridgehead atoms. The SMILES string of the molecule is CCNc1nc(CC2CC2)nc(-c2ccccc2)c1C. The van der Waals surface area contributed by atoms with Crippen LogP contribution in [0.3, 0.4) is 0 Å². The molecule has 1 fully saturated rings. The first-order chi connectivity index (χ1) is 9.78. The van der Waals surface area contributed by atoms with Crippen molar-refractivity contribution in [2.24, 2.45) is 5.92 Å². The minimum absolute atomic E-state index is 0.802. The third-order valence-corrected chi connectivity index (χ3v) is 3.75. The summed E-state index contributed by atoms with van der Waals surface area (Å²) in [7, 11) is 0. The molecular weight excluding hydrogens is 246 g/mol. The molecule has 1 saturated carbocycles. The van der Waals surface area contributed by atoms with E-state index < -0.39 is 0 Å². The molecule has 1 aromatic heterocycles. The van der Waals surface area contributed by atoms with Gasteiger partial charge < -0.3 is 5.32 Å². The molecular formula is C17H21N3. The Morgan fingerprint density at radius 1 is 1.15 bits per heavy atom. The Kier molecular flexibility index (Phi) is 3.68. The standard InChI is InChI=1S/C17H21N3/c1-3-18-17-12(2)16(14-7-5-4-6-8-14)19-15(20-17)11-13-9-10-13/h4-8,13H,3,9-11H2,1-2H3,(H,18,19,20). The quantitative estimate of drug-likeness (QED) is 0.894. The van der Waals surface area contributed by atoms with Gasteiger partial charge in [-0.2, -0.15) is 0 Å². The van der Waals surface area contributed by atoms with E-state index in [4.69, 9.17) is 9.97 Å². The second-order valence-electron chi connectivity index (χ2n) is 5.51. The molecule has 0 atom stereocenters. The lowest BCUT2D eigenvalue weighted by Gasteiger charge is -2.13. The van der Waals surface area contributed by atoms with Gasteiger partial charge in [-0.1, -0.05) is 30.3 Å². The zero-order chi connectivity index (χ0) is 13.9. The van der Waals surface area contributed by atoms with Crippen LogP contribution in [-0.2, 0) is 6.42 Å². The molecule has 0 radical (unpaired) electrons. The fourth-order valence-electron chi connectivity index (χ4n) is 2.45. The van der Waals surface area contributed by atoms with Crippen LogP contribution in [0.1, 0.15) is 31.2 Å². The molecule has 1 N–H and O–H groups in total. The minimum Gasteiger partial charge on any atom is -0.370 e. The number of benzene rings is 1. The van der Waals surface area contributed by atoms with Gasteiger partial charge in [0.2, 0.25) is 0 Å². The zero-order valence-corrected chi connectivity index (χ0v) is 12.2. The van der Waals surface area contributed by atoms with Crippen LogP contribution in [0.15, 0.2) is 30.3 Å². The highest BCUT2D eigenvalue weighted by atomic mass is 15.0. The summed E-state index contributed by atoms with van der Waals surface area (Å²) in [5.41, 5.74) is 3.37. The van der Waals surface area contributed by atoms with Crippen LogP contribution < -0.4 is 5.32 Å². The lowest BCUT2D eigenvalue weighted by Crippen LogP contribution is -2.08. The maximum absolute atomic E-state index is 4.81. The number of anilines is 1. The number of hydrogen-bond donors (Lipinski definition) is 1. The molecule has 1 aliphatic carbocycles. The number of hydrogen-bond acceptors (Lipinski definition) is 3. The van der Waals surface area contributed by atoms with Gasteiger partial charge in [-0.3, -0.25) is 0 Å². The topological polar surface area (TPSA) is 37.8 Å². The van der Waals surface area contributed by atoms with E-state index in [0.29, 0.717) is 0 Å². The van der Waals surface area contributed by atoms with E-state index in [-0.39, 0.29) is 0 Å². The second kappa shape index (κ2) is 5.61. The summed E-state index contributed by atoms with van der Waals surface area (Å²) in [4.78, 5) is 9.52. The Balaban J connectivity index is 2.03. The molecule has 0 unspecified atom stereocenters. The Morgan fingerprint density at radius 3 is 2.55 bits per heavy atom. The van der Waals surface area contributed by atoms with Crippen molar-refractivity contribution in [1.82, 2.24) is 9.97 Å². The Hall–Kier alpha value is -1.90.